The maximum absolute atomic E-state index is 13.2. The van der Waals surface area contributed by atoms with Gasteiger partial charge in [-0.15, -0.1) is 12.4 Å². The standard InChI is InChI=1S/C18H27FN2O.ClH/c1-13(2)10-17(20)18(22)21-8-6-14(7-9-21)11-15-4-3-5-16(19)12-15;/h3-5,12-14,17H,6-11,20H2,1-2H3;1H/t17-;/m0./s1. The second kappa shape index (κ2) is 9.24. The van der Waals surface area contributed by atoms with Gasteiger partial charge in [0.15, 0.2) is 0 Å². The lowest BCUT2D eigenvalue weighted by Crippen LogP contribution is -2.47. The highest BCUT2D eigenvalue weighted by Crippen LogP contribution is 2.22. The van der Waals surface area contributed by atoms with Crippen LogP contribution < -0.4 is 5.73 Å². The van der Waals surface area contributed by atoms with Crippen molar-refractivity contribution in [2.75, 3.05) is 13.1 Å². The van der Waals surface area contributed by atoms with Gasteiger partial charge >= 0.3 is 0 Å². The first-order valence-electron chi connectivity index (χ1n) is 8.24. The van der Waals surface area contributed by atoms with Crippen molar-refractivity contribution in [3.05, 3.63) is 35.6 Å². The third kappa shape index (κ3) is 6.11. The van der Waals surface area contributed by atoms with Crippen molar-refractivity contribution in [3.8, 4) is 0 Å². The molecule has 1 aliphatic rings. The number of nitrogens with zero attached hydrogens (tertiary/aromatic N) is 1. The second-order valence-electron chi connectivity index (χ2n) is 6.84. The fourth-order valence-electron chi connectivity index (χ4n) is 3.20. The first kappa shape index (κ1) is 19.9. The van der Waals surface area contributed by atoms with Gasteiger partial charge < -0.3 is 10.6 Å². The predicted molar refractivity (Wildman–Crippen MR) is 94.1 cm³/mol. The Kier molecular flexibility index (Phi) is 8.00. The minimum atomic E-state index is -0.375. The first-order valence-corrected chi connectivity index (χ1v) is 8.24. The molecule has 23 heavy (non-hydrogen) atoms. The summed E-state index contributed by atoms with van der Waals surface area (Å²) in [5.41, 5.74) is 7.03. The molecule has 1 aromatic rings. The van der Waals surface area contributed by atoms with Crippen LogP contribution in [-0.2, 0) is 11.2 Å². The summed E-state index contributed by atoms with van der Waals surface area (Å²) in [4.78, 5) is 14.2. The van der Waals surface area contributed by atoms with Gasteiger partial charge in [-0.05, 0) is 55.2 Å². The normalized spacial score (nSPS) is 17.0. The molecule has 0 unspecified atom stereocenters. The van der Waals surface area contributed by atoms with E-state index in [1.165, 1.54) is 6.07 Å². The number of carbonyl (C=O) groups is 1. The van der Waals surface area contributed by atoms with E-state index in [2.05, 4.69) is 13.8 Å². The van der Waals surface area contributed by atoms with Crippen molar-refractivity contribution in [3.63, 3.8) is 0 Å². The van der Waals surface area contributed by atoms with Gasteiger partial charge in [0.2, 0.25) is 5.91 Å². The van der Waals surface area contributed by atoms with Crippen LogP contribution in [0.2, 0.25) is 0 Å². The molecule has 0 spiro atoms. The van der Waals surface area contributed by atoms with Crippen LogP contribution in [0.15, 0.2) is 24.3 Å². The second-order valence-corrected chi connectivity index (χ2v) is 6.84. The maximum Gasteiger partial charge on any atom is 0.239 e. The molecule has 130 valence electrons. The summed E-state index contributed by atoms with van der Waals surface area (Å²) in [6.07, 6.45) is 3.56. The fraction of sp³-hybridized carbons (Fsp3) is 0.611. The molecule has 1 atom stereocenters. The van der Waals surface area contributed by atoms with E-state index in [4.69, 9.17) is 5.73 Å². The third-order valence-electron chi connectivity index (χ3n) is 4.38. The number of piperidine rings is 1. The minimum absolute atomic E-state index is 0. The zero-order valence-corrected chi connectivity index (χ0v) is 14.8. The smallest absolute Gasteiger partial charge is 0.239 e. The summed E-state index contributed by atoms with van der Waals surface area (Å²) in [7, 11) is 0. The number of hydrogen-bond acceptors (Lipinski definition) is 2. The van der Waals surface area contributed by atoms with E-state index < -0.39 is 0 Å². The molecule has 0 saturated carbocycles. The summed E-state index contributed by atoms with van der Waals surface area (Å²) < 4.78 is 13.2. The van der Waals surface area contributed by atoms with Crippen molar-refractivity contribution in [2.45, 2.75) is 45.6 Å². The summed E-state index contributed by atoms with van der Waals surface area (Å²) in [5.74, 6) is 0.860. The molecule has 1 saturated heterocycles. The highest BCUT2D eigenvalue weighted by atomic mass is 35.5. The SMILES string of the molecule is CC(C)C[C@H](N)C(=O)N1CCC(Cc2cccc(F)c2)CC1.Cl. The van der Waals surface area contributed by atoms with E-state index in [1.807, 2.05) is 11.0 Å². The van der Waals surface area contributed by atoms with E-state index in [-0.39, 0.29) is 30.2 Å². The molecule has 0 aliphatic carbocycles. The van der Waals surface area contributed by atoms with Crippen molar-refractivity contribution in [2.24, 2.45) is 17.6 Å². The highest BCUT2D eigenvalue weighted by Gasteiger charge is 2.26. The molecule has 1 aliphatic heterocycles. The Bertz CT molecular complexity index is 502. The summed E-state index contributed by atoms with van der Waals surface area (Å²) >= 11 is 0. The van der Waals surface area contributed by atoms with Crippen molar-refractivity contribution in [1.82, 2.24) is 4.90 Å². The number of amides is 1. The molecule has 2 N–H and O–H groups in total. The van der Waals surface area contributed by atoms with Crippen molar-refractivity contribution in [1.29, 1.82) is 0 Å². The highest BCUT2D eigenvalue weighted by molar-refractivity contribution is 5.85. The molecular weight excluding hydrogens is 315 g/mol. The van der Waals surface area contributed by atoms with E-state index in [9.17, 15) is 9.18 Å². The predicted octanol–water partition coefficient (Wildman–Crippen LogP) is 3.40. The van der Waals surface area contributed by atoms with E-state index in [1.54, 1.807) is 12.1 Å². The molecule has 3 nitrogen and oxygen atoms in total. The monoisotopic (exact) mass is 342 g/mol. The van der Waals surface area contributed by atoms with Crippen LogP contribution in [0.3, 0.4) is 0 Å². The summed E-state index contributed by atoms with van der Waals surface area (Å²) in [6.45, 7) is 5.70. The van der Waals surface area contributed by atoms with Gasteiger partial charge in [0, 0.05) is 13.1 Å². The molecule has 1 aromatic carbocycles. The number of halogens is 2. The number of rotatable bonds is 5. The van der Waals surface area contributed by atoms with Gasteiger partial charge in [-0.1, -0.05) is 26.0 Å². The molecule has 0 bridgehead atoms. The van der Waals surface area contributed by atoms with Crippen LogP contribution in [0.25, 0.3) is 0 Å². The van der Waals surface area contributed by atoms with Gasteiger partial charge in [0.05, 0.1) is 6.04 Å². The number of likely N-dealkylation sites (tertiary alicyclic amines) is 1. The van der Waals surface area contributed by atoms with Crippen LogP contribution in [0.4, 0.5) is 4.39 Å². The average molecular weight is 343 g/mol. The number of carbonyl (C=O) groups excluding carboxylic acids is 1. The van der Waals surface area contributed by atoms with Gasteiger partial charge in [0.25, 0.3) is 0 Å². The zero-order valence-electron chi connectivity index (χ0n) is 14.0. The topological polar surface area (TPSA) is 46.3 Å². The molecule has 2 rings (SSSR count). The molecular formula is C18H28ClFN2O. The van der Waals surface area contributed by atoms with Gasteiger partial charge in [-0.2, -0.15) is 0 Å². The molecule has 1 fully saturated rings. The fourth-order valence-corrected chi connectivity index (χ4v) is 3.20. The minimum Gasteiger partial charge on any atom is -0.341 e. The lowest BCUT2D eigenvalue weighted by atomic mass is 9.89. The van der Waals surface area contributed by atoms with Crippen LogP contribution in [0.5, 0.6) is 0 Å². The van der Waals surface area contributed by atoms with Gasteiger partial charge in [-0.25, -0.2) is 4.39 Å². The van der Waals surface area contributed by atoms with Crippen molar-refractivity contribution < 1.29 is 9.18 Å². The Balaban J connectivity index is 0.00000264. The Hall–Kier alpha value is -1.13. The number of hydrogen-bond donors (Lipinski definition) is 1. The van der Waals surface area contributed by atoms with Crippen LogP contribution >= 0.6 is 12.4 Å². The lowest BCUT2D eigenvalue weighted by molar-refractivity contribution is -0.134. The first-order chi connectivity index (χ1) is 10.5. The molecule has 1 amide bonds. The van der Waals surface area contributed by atoms with Crippen LogP contribution in [0.1, 0.15) is 38.7 Å². The quantitative estimate of drug-likeness (QED) is 0.891. The molecule has 0 radical (unpaired) electrons. The number of benzene rings is 1. The molecule has 0 aromatic heterocycles. The van der Waals surface area contributed by atoms with Crippen LogP contribution in [0, 0.1) is 17.7 Å². The van der Waals surface area contributed by atoms with E-state index in [0.717, 1.165) is 44.3 Å². The maximum atomic E-state index is 13.2. The van der Waals surface area contributed by atoms with Crippen molar-refractivity contribution >= 4 is 18.3 Å². The van der Waals surface area contributed by atoms with E-state index >= 15 is 0 Å². The Morgan fingerprint density at radius 1 is 1.35 bits per heavy atom. The Morgan fingerprint density at radius 3 is 2.57 bits per heavy atom. The Morgan fingerprint density at radius 2 is 2.00 bits per heavy atom. The average Bonchev–Trinajstić information content (AvgIpc) is 2.46. The number of nitrogens with two attached hydrogens (primary N) is 1. The van der Waals surface area contributed by atoms with E-state index in [0.29, 0.717) is 11.8 Å². The Labute approximate surface area is 144 Å². The molecule has 5 heteroatoms. The summed E-state index contributed by atoms with van der Waals surface area (Å²) in [5, 5.41) is 0. The lowest BCUT2D eigenvalue weighted by Gasteiger charge is -2.34. The third-order valence-corrected chi connectivity index (χ3v) is 4.38. The molecule has 1 heterocycles. The van der Waals surface area contributed by atoms with Gasteiger partial charge in [-0.3, -0.25) is 4.79 Å². The van der Waals surface area contributed by atoms with Crippen LogP contribution in [-0.4, -0.2) is 29.9 Å². The summed E-state index contributed by atoms with van der Waals surface area (Å²) in [6, 6.07) is 6.43. The zero-order chi connectivity index (χ0) is 16.1. The van der Waals surface area contributed by atoms with Gasteiger partial charge in [0.1, 0.15) is 5.82 Å². The largest absolute Gasteiger partial charge is 0.341 e.